The van der Waals surface area contributed by atoms with Crippen LogP contribution >= 0.6 is 0 Å². The lowest BCUT2D eigenvalue weighted by molar-refractivity contribution is 0.0602. The van der Waals surface area contributed by atoms with Gasteiger partial charge in [0.05, 0.1) is 23.9 Å². The van der Waals surface area contributed by atoms with Crippen molar-refractivity contribution in [3.63, 3.8) is 0 Å². The fourth-order valence-electron chi connectivity index (χ4n) is 2.14. The van der Waals surface area contributed by atoms with Crippen molar-refractivity contribution in [3.05, 3.63) is 72.4 Å². The van der Waals surface area contributed by atoms with E-state index in [4.69, 9.17) is 4.74 Å². The highest BCUT2D eigenvalue weighted by molar-refractivity contribution is 6.07. The smallest absolute Gasteiger partial charge is 0.339 e. The van der Waals surface area contributed by atoms with Crippen LogP contribution in [0.15, 0.2) is 61.3 Å². The Balaban J connectivity index is 1.80. The van der Waals surface area contributed by atoms with Gasteiger partial charge in [-0.15, -0.1) is 0 Å². The molecule has 120 valence electrons. The van der Waals surface area contributed by atoms with E-state index in [1.54, 1.807) is 59.7 Å². The summed E-state index contributed by atoms with van der Waals surface area (Å²) in [6.07, 6.45) is 6.49. The lowest BCUT2D eigenvalue weighted by Crippen LogP contribution is -2.15. The summed E-state index contributed by atoms with van der Waals surface area (Å²) in [5, 5.41) is 2.70. The molecule has 0 bridgehead atoms. The number of aromatic nitrogens is 3. The second kappa shape index (κ2) is 6.74. The Labute approximate surface area is 137 Å². The molecule has 0 aliphatic carbocycles. The van der Waals surface area contributed by atoms with Crippen LogP contribution in [0.2, 0.25) is 0 Å². The number of anilines is 1. The minimum Gasteiger partial charge on any atom is -0.465 e. The Bertz CT molecular complexity index is 858. The van der Waals surface area contributed by atoms with Crippen LogP contribution in [0.4, 0.5) is 5.69 Å². The number of ether oxygens (including phenoxy) is 1. The van der Waals surface area contributed by atoms with Gasteiger partial charge in [0.2, 0.25) is 0 Å². The van der Waals surface area contributed by atoms with Gasteiger partial charge in [-0.05, 0) is 24.3 Å². The topological polar surface area (TPSA) is 86.1 Å². The summed E-state index contributed by atoms with van der Waals surface area (Å²) >= 11 is 0. The Kier molecular flexibility index (Phi) is 4.33. The summed E-state index contributed by atoms with van der Waals surface area (Å²) in [4.78, 5) is 32.3. The standard InChI is InChI=1S/C17H14N4O3/c1-24-17(23)13-4-2-3-5-14(13)20-16(22)12-6-7-15(19-10-12)21-9-8-18-11-21/h2-11H,1H3,(H,20,22). The largest absolute Gasteiger partial charge is 0.465 e. The highest BCUT2D eigenvalue weighted by atomic mass is 16.5. The van der Waals surface area contributed by atoms with Crippen molar-refractivity contribution in [2.75, 3.05) is 12.4 Å². The predicted octanol–water partition coefficient (Wildman–Crippen LogP) is 2.31. The Morgan fingerprint density at radius 1 is 1.17 bits per heavy atom. The number of pyridine rings is 1. The first kappa shape index (κ1) is 15.4. The van der Waals surface area contributed by atoms with Crippen LogP contribution in [0.25, 0.3) is 5.82 Å². The van der Waals surface area contributed by atoms with Crippen molar-refractivity contribution >= 4 is 17.6 Å². The van der Waals surface area contributed by atoms with Crippen molar-refractivity contribution < 1.29 is 14.3 Å². The van der Waals surface area contributed by atoms with Crippen LogP contribution in [-0.4, -0.2) is 33.5 Å². The minimum atomic E-state index is -0.514. The highest BCUT2D eigenvalue weighted by Gasteiger charge is 2.14. The average molecular weight is 322 g/mol. The molecule has 7 nitrogen and oxygen atoms in total. The number of hydrogen-bond acceptors (Lipinski definition) is 5. The summed E-state index contributed by atoms with van der Waals surface area (Å²) in [6.45, 7) is 0. The van der Waals surface area contributed by atoms with Crippen molar-refractivity contribution in [2.24, 2.45) is 0 Å². The average Bonchev–Trinajstić information content (AvgIpc) is 3.16. The second-order valence-electron chi connectivity index (χ2n) is 4.87. The lowest BCUT2D eigenvalue weighted by Gasteiger charge is -2.09. The molecule has 0 unspecified atom stereocenters. The zero-order valence-electron chi connectivity index (χ0n) is 12.8. The maximum Gasteiger partial charge on any atom is 0.339 e. The summed E-state index contributed by atoms with van der Waals surface area (Å²) in [7, 11) is 1.29. The van der Waals surface area contributed by atoms with Crippen molar-refractivity contribution in [2.45, 2.75) is 0 Å². The summed E-state index contributed by atoms with van der Waals surface area (Å²) in [6, 6.07) is 10.0. The Hall–Kier alpha value is -3.48. The zero-order chi connectivity index (χ0) is 16.9. The number of para-hydroxylation sites is 1. The van der Waals surface area contributed by atoms with E-state index in [0.717, 1.165) is 0 Å². The number of rotatable bonds is 4. The number of imidazole rings is 1. The monoisotopic (exact) mass is 322 g/mol. The SMILES string of the molecule is COC(=O)c1ccccc1NC(=O)c1ccc(-n2ccnc2)nc1. The molecule has 0 radical (unpaired) electrons. The molecule has 3 rings (SSSR count). The molecule has 0 saturated carbocycles. The molecule has 7 heteroatoms. The molecule has 0 aliphatic heterocycles. The molecule has 1 amide bonds. The molecular weight excluding hydrogens is 308 g/mol. The quantitative estimate of drug-likeness (QED) is 0.745. The van der Waals surface area contributed by atoms with E-state index in [0.29, 0.717) is 17.1 Å². The maximum absolute atomic E-state index is 12.4. The van der Waals surface area contributed by atoms with E-state index >= 15 is 0 Å². The van der Waals surface area contributed by atoms with Gasteiger partial charge >= 0.3 is 5.97 Å². The normalized spacial score (nSPS) is 10.2. The number of hydrogen-bond donors (Lipinski definition) is 1. The van der Waals surface area contributed by atoms with E-state index < -0.39 is 5.97 Å². The summed E-state index contributed by atoms with van der Waals surface area (Å²) in [5.41, 5.74) is 1.04. The number of amides is 1. The van der Waals surface area contributed by atoms with Crippen molar-refractivity contribution in [3.8, 4) is 5.82 Å². The molecule has 0 atom stereocenters. The van der Waals surface area contributed by atoms with Gasteiger partial charge in [-0.2, -0.15) is 0 Å². The van der Waals surface area contributed by atoms with Gasteiger partial charge in [-0.1, -0.05) is 12.1 Å². The molecular formula is C17H14N4O3. The first-order valence-electron chi connectivity index (χ1n) is 7.12. The number of carbonyl (C=O) groups excluding carboxylic acids is 2. The van der Waals surface area contributed by atoms with Crippen LogP contribution in [-0.2, 0) is 4.74 Å². The van der Waals surface area contributed by atoms with Gasteiger partial charge in [0.1, 0.15) is 12.1 Å². The van der Waals surface area contributed by atoms with Crippen LogP contribution in [0, 0.1) is 0 Å². The van der Waals surface area contributed by atoms with E-state index in [1.807, 2.05) is 0 Å². The van der Waals surface area contributed by atoms with Gasteiger partial charge in [-0.25, -0.2) is 14.8 Å². The molecule has 24 heavy (non-hydrogen) atoms. The number of carbonyl (C=O) groups is 2. The first-order valence-corrected chi connectivity index (χ1v) is 7.12. The molecule has 0 spiro atoms. The third kappa shape index (κ3) is 3.14. The van der Waals surface area contributed by atoms with E-state index in [1.165, 1.54) is 13.3 Å². The van der Waals surface area contributed by atoms with Crippen LogP contribution in [0.1, 0.15) is 20.7 Å². The number of nitrogens with zero attached hydrogens (tertiary/aromatic N) is 3. The Morgan fingerprint density at radius 3 is 2.67 bits per heavy atom. The molecule has 1 N–H and O–H groups in total. The summed E-state index contributed by atoms with van der Waals surface area (Å²) < 4.78 is 6.44. The third-order valence-corrected chi connectivity index (χ3v) is 3.36. The van der Waals surface area contributed by atoms with E-state index in [-0.39, 0.29) is 11.5 Å². The van der Waals surface area contributed by atoms with Gasteiger partial charge in [0, 0.05) is 18.6 Å². The molecule has 0 aliphatic rings. The molecule has 3 aromatic rings. The van der Waals surface area contributed by atoms with Gasteiger partial charge in [-0.3, -0.25) is 9.36 Å². The van der Waals surface area contributed by atoms with Crippen LogP contribution in [0.5, 0.6) is 0 Å². The van der Waals surface area contributed by atoms with Gasteiger partial charge in [0.25, 0.3) is 5.91 Å². The van der Waals surface area contributed by atoms with E-state index in [9.17, 15) is 9.59 Å². The molecule has 2 heterocycles. The maximum atomic E-state index is 12.4. The van der Waals surface area contributed by atoms with Crippen LogP contribution in [0.3, 0.4) is 0 Å². The van der Waals surface area contributed by atoms with Crippen LogP contribution < -0.4 is 5.32 Å². The second-order valence-corrected chi connectivity index (χ2v) is 4.87. The van der Waals surface area contributed by atoms with Gasteiger partial charge < -0.3 is 10.1 Å². The molecule has 1 aromatic carbocycles. The molecule has 0 saturated heterocycles. The molecule has 0 fully saturated rings. The lowest BCUT2D eigenvalue weighted by atomic mass is 10.1. The van der Waals surface area contributed by atoms with Gasteiger partial charge in [0.15, 0.2) is 0 Å². The number of methoxy groups -OCH3 is 1. The highest BCUT2D eigenvalue weighted by Crippen LogP contribution is 2.17. The number of benzene rings is 1. The minimum absolute atomic E-state index is 0.288. The fraction of sp³-hybridized carbons (Fsp3) is 0.0588. The van der Waals surface area contributed by atoms with Crippen molar-refractivity contribution in [1.29, 1.82) is 0 Å². The first-order chi connectivity index (χ1) is 11.7. The number of esters is 1. The third-order valence-electron chi connectivity index (χ3n) is 3.36. The van der Waals surface area contributed by atoms with E-state index in [2.05, 4.69) is 15.3 Å². The zero-order valence-corrected chi connectivity index (χ0v) is 12.8. The Morgan fingerprint density at radius 2 is 2.00 bits per heavy atom. The van der Waals surface area contributed by atoms with Crippen molar-refractivity contribution in [1.82, 2.24) is 14.5 Å². The predicted molar refractivity (Wildman–Crippen MR) is 87.1 cm³/mol. The fourth-order valence-corrected chi connectivity index (χ4v) is 2.14. The molecule has 2 aromatic heterocycles. The summed E-state index contributed by atoms with van der Waals surface area (Å²) in [5.74, 6) is -0.227. The number of nitrogens with one attached hydrogen (secondary N) is 1.